The Morgan fingerprint density at radius 1 is 1.28 bits per heavy atom. The molecule has 1 aromatic carbocycles. The molecule has 2 heterocycles. The maximum atomic E-state index is 15.3. The number of anilines is 1. The summed E-state index contributed by atoms with van der Waals surface area (Å²) >= 11 is 0. The zero-order valence-electron chi connectivity index (χ0n) is 19.1. The number of imidazole rings is 1. The lowest BCUT2D eigenvalue weighted by atomic mass is 9.83. The van der Waals surface area contributed by atoms with Gasteiger partial charge in [0.2, 0.25) is 5.91 Å². The van der Waals surface area contributed by atoms with Crippen molar-refractivity contribution in [1.82, 2.24) is 19.4 Å². The summed E-state index contributed by atoms with van der Waals surface area (Å²) in [5, 5.41) is 3.41. The quantitative estimate of drug-likeness (QED) is 0.729. The first-order chi connectivity index (χ1) is 15.3. The molecule has 7 nitrogen and oxygen atoms in total. The van der Waals surface area contributed by atoms with Crippen LogP contribution in [-0.2, 0) is 4.79 Å². The predicted octanol–water partition coefficient (Wildman–Crippen LogP) is 3.05. The number of hydrogen-bond acceptors (Lipinski definition) is 5. The van der Waals surface area contributed by atoms with Crippen LogP contribution in [0, 0.1) is 6.92 Å². The van der Waals surface area contributed by atoms with Crippen molar-refractivity contribution in [1.29, 1.82) is 0 Å². The van der Waals surface area contributed by atoms with Gasteiger partial charge in [-0.05, 0) is 39.1 Å². The van der Waals surface area contributed by atoms with E-state index < -0.39 is 12.2 Å². The van der Waals surface area contributed by atoms with Gasteiger partial charge in [0.15, 0.2) is 5.84 Å². The highest BCUT2D eigenvalue weighted by Crippen LogP contribution is 2.38. The molecule has 8 heteroatoms. The number of alkyl halides is 1. The second kappa shape index (κ2) is 9.24. The Kier molecular flexibility index (Phi) is 6.41. The van der Waals surface area contributed by atoms with Crippen LogP contribution in [0.2, 0.25) is 0 Å². The number of amidine groups is 1. The number of nitrogens with one attached hydrogen (secondary N) is 1. The number of carbonyl (C=O) groups excluding carboxylic acids is 1. The highest BCUT2D eigenvalue weighted by atomic mass is 19.1. The summed E-state index contributed by atoms with van der Waals surface area (Å²) in [6.45, 7) is 2.70. The van der Waals surface area contributed by atoms with Gasteiger partial charge in [0.25, 0.3) is 0 Å². The van der Waals surface area contributed by atoms with E-state index in [1.54, 1.807) is 25.6 Å². The third-order valence-corrected chi connectivity index (χ3v) is 6.35. The fourth-order valence-electron chi connectivity index (χ4n) is 4.50. The van der Waals surface area contributed by atoms with Crippen LogP contribution in [0.25, 0.3) is 0 Å². The van der Waals surface area contributed by atoms with Gasteiger partial charge >= 0.3 is 0 Å². The van der Waals surface area contributed by atoms with Gasteiger partial charge in [-0.1, -0.05) is 24.3 Å². The molecule has 4 atom stereocenters. The highest BCUT2D eigenvalue weighted by Gasteiger charge is 2.43. The number of carbonyl (C=O) groups is 1. The Morgan fingerprint density at radius 2 is 2.06 bits per heavy atom. The molecule has 4 rings (SSSR count). The molecule has 1 N–H and O–H groups in total. The number of fused-ring (bicyclic) bond motifs is 3. The predicted molar refractivity (Wildman–Crippen MR) is 125 cm³/mol. The normalized spacial score (nSPS) is 24.8. The summed E-state index contributed by atoms with van der Waals surface area (Å²) in [7, 11) is 5.56. The molecule has 2 aliphatic rings. The number of hydrogen-bond donors (Lipinski definition) is 1. The van der Waals surface area contributed by atoms with Crippen LogP contribution in [0.1, 0.15) is 30.1 Å². The highest BCUT2D eigenvalue weighted by molar-refractivity contribution is 6.08. The van der Waals surface area contributed by atoms with Crippen molar-refractivity contribution in [3.63, 3.8) is 0 Å². The number of benzene rings is 1. The third-order valence-electron chi connectivity index (χ3n) is 6.35. The summed E-state index contributed by atoms with van der Waals surface area (Å²) in [6.07, 6.45) is 6.54. The van der Waals surface area contributed by atoms with E-state index >= 15 is 4.39 Å². The number of para-hydroxylation sites is 1. The van der Waals surface area contributed by atoms with Crippen molar-refractivity contribution in [2.24, 2.45) is 4.99 Å². The van der Waals surface area contributed by atoms with Crippen molar-refractivity contribution in [3.05, 3.63) is 60.2 Å². The number of aryl methyl sites for hydroxylation is 1. The molecule has 2 aromatic rings. The fourth-order valence-corrected chi connectivity index (χ4v) is 4.50. The second-order valence-corrected chi connectivity index (χ2v) is 8.91. The van der Waals surface area contributed by atoms with Gasteiger partial charge in [-0.2, -0.15) is 0 Å². The van der Waals surface area contributed by atoms with E-state index in [2.05, 4.69) is 14.9 Å². The number of likely N-dealkylation sites (N-methyl/N-ethyl adjacent to an activating group) is 2. The van der Waals surface area contributed by atoms with Crippen molar-refractivity contribution in [2.45, 2.75) is 44.1 Å². The molecule has 32 heavy (non-hydrogen) atoms. The molecule has 1 aliphatic carbocycles. The average molecular weight is 439 g/mol. The van der Waals surface area contributed by atoms with Crippen molar-refractivity contribution in [3.8, 4) is 0 Å². The second-order valence-electron chi connectivity index (χ2n) is 8.91. The molecule has 1 saturated carbocycles. The van der Waals surface area contributed by atoms with Crippen LogP contribution < -0.4 is 5.32 Å². The molecule has 1 aliphatic heterocycles. The number of amides is 1. The molecule has 0 saturated heterocycles. The van der Waals surface area contributed by atoms with Gasteiger partial charge in [-0.3, -0.25) is 9.79 Å². The molecular formula is C24H31FN6O. The summed E-state index contributed by atoms with van der Waals surface area (Å²) in [5.41, 5.74) is 2.96. The lowest BCUT2D eigenvalue weighted by Gasteiger charge is -2.43. The zero-order valence-corrected chi connectivity index (χ0v) is 19.1. The lowest BCUT2D eigenvalue weighted by molar-refractivity contribution is -0.129. The third kappa shape index (κ3) is 4.46. The Bertz CT molecular complexity index is 1030. The maximum Gasteiger partial charge on any atom is 0.246 e. The van der Waals surface area contributed by atoms with Crippen LogP contribution in [-0.4, -0.2) is 77.0 Å². The minimum absolute atomic E-state index is 0.0343. The van der Waals surface area contributed by atoms with Crippen LogP contribution in [0.3, 0.4) is 0 Å². The molecule has 1 fully saturated rings. The SMILES string of the molecule is Cc1ccccc1NC1=NC2CC(F)C(N(C)C(=O)/C=C/CN(C)C)CC2n2cncc21. The van der Waals surface area contributed by atoms with Gasteiger partial charge < -0.3 is 19.7 Å². The van der Waals surface area contributed by atoms with Crippen LogP contribution in [0.15, 0.2) is 53.9 Å². The minimum atomic E-state index is -1.14. The average Bonchev–Trinajstić information content (AvgIpc) is 3.24. The first kappa shape index (κ1) is 22.2. The number of nitrogens with zero attached hydrogens (tertiary/aromatic N) is 5. The van der Waals surface area contributed by atoms with Gasteiger partial charge in [-0.25, -0.2) is 9.37 Å². The number of halogens is 1. The smallest absolute Gasteiger partial charge is 0.246 e. The molecule has 4 unspecified atom stereocenters. The van der Waals surface area contributed by atoms with Gasteiger partial charge in [0, 0.05) is 31.8 Å². The van der Waals surface area contributed by atoms with Crippen molar-refractivity contribution in [2.75, 3.05) is 33.0 Å². The van der Waals surface area contributed by atoms with Crippen LogP contribution in [0.4, 0.5) is 10.1 Å². The molecule has 0 bridgehead atoms. The van der Waals surface area contributed by atoms with E-state index in [0.717, 1.165) is 16.9 Å². The topological polar surface area (TPSA) is 65.8 Å². The summed E-state index contributed by atoms with van der Waals surface area (Å²) < 4.78 is 17.3. The molecule has 170 valence electrons. The van der Waals surface area contributed by atoms with Gasteiger partial charge in [0.05, 0.1) is 30.6 Å². The maximum absolute atomic E-state index is 15.3. The first-order valence-corrected chi connectivity index (χ1v) is 11.0. The number of aliphatic imine (C=N–C) groups is 1. The van der Waals surface area contributed by atoms with Crippen molar-refractivity contribution < 1.29 is 9.18 Å². The van der Waals surface area contributed by atoms with Gasteiger partial charge in [-0.15, -0.1) is 0 Å². The largest absolute Gasteiger partial charge is 0.339 e. The summed E-state index contributed by atoms with van der Waals surface area (Å²) in [6, 6.07) is 7.27. The summed E-state index contributed by atoms with van der Waals surface area (Å²) in [4.78, 5) is 25.3. The molecule has 1 aromatic heterocycles. The van der Waals surface area contributed by atoms with E-state index in [4.69, 9.17) is 4.99 Å². The Balaban J connectivity index is 1.54. The zero-order chi connectivity index (χ0) is 22.8. The van der Waals surface area contributed by atoms with Gasteiger partial charge in [0.1, 0.15) is 11.9 Å². The fraction of sp³-hybridized carbons (Fsp3) is 0.458. The monoisotopic (exact) mass is 438 g/mol. The van der Waals surface area contributed by atoms with Crippen LogP contribution >= 0.6 is 0 Å². The van der Waals surface area contributed by atoms with E-state index in [1.807, 2.05) is 50.2 Å². The molecule has 0 radical (unpaired) electrons. The first-order valence-electron chi connectivity index (χ1n) is 11.0. The van der Waals surface area contributed by atoms with Crippen LogP contribution in [0.5, 0.6) is 0 Å². The lowest BCUT2D eigenvalue weighted by Crippen LogP contribution is -2.51. The van der Waals surface area contributed by atoms with E-state index in [1.165, 1.54) is 11.0 Å². The molecule has 0 spiro atoms. The summed E-state index contributed by atoms with van der Waals surface area (Å²) in [5.74, 6) is 0.532. The Hall–Kier alpha value is -3.00. The number of rotatable bonds is 5. The standard InChI is InChI=1S/C24H31FN6O/c1-16-8-5-6-9-18(16)27-24-22-14-26-15-31(22)21-13-20(17(25)12-19(21)28-24)30(4)23(32)10-7-11-29(2)3/h5-10,14-15,17,19-21H,11-13H2,1-4H3,(H,27,28)/b10-7+. The molecular weight excluding hydrogens is 407 g/mol. The van der Waals surface area contributed by atoms with Crippen molar-refractivity contribution >= 4 is 17.4 Å². The van der Waals surface area contributed by atoms with E-state index in [-0.39, 0.29) is 24.4 Å². The van der Waals surface area contributed by atoms with E-state index in [0.29, 0.717) is 18.8 Å². The minimum Gasteiger partial charge on any atom is -0.339 e. The Labute approximate surface area is 188 Å². The van der Waals surface area contributed by atoms with E-state index in [9.17, 15) is 4.79 Å². The Morgan fingerprint density at radius 3 is 2.81 bits per heavy atom. The molecule has 1 amide bonds. The number of aromatic nitrogens is 2.